The molecular weight excluding hydrogens is 316 g/mol. The number of anilines is 1. The Balaban J connectivity index is 1.89. The summed E-state index contributed by atoms with van der Waals surface area (Å²) in [4.78, 5) is 15.9. The maximum Gasteiger partial charge on any atom is 0.225 e. The molecule has 0 aliphatic rings. The summed E-state index contributed by atoms with van der Waals surface area (Å²) >= 11 is 1.66. The Labute approximate surface area is 150 Å². The molecule has 0 amide bonds. The first-order chi connectivity index (χ1) is 11.7. The number of thiazole rings is 1. The van der Waals surface area contributed by atoms with Gasteiger partial charge in [-0.15, -0.1) is 11.3 Å². The first-order valence-corrected chi connectivity index (χ1v) is 10.1. The second-order valence-corrected chi connectivity index (χ2v) is 7.42. The normalized spacial score (nSPS) is 11.2. The molecule has 2 aromatic rings. The molecular formula is C19H30N4S. The molecule has 24 heavy (non-hydrogen) atoms. The lowest BCUT2D eigenvalue weighted by Crippen LogP contribution is -2.29. The van der Waals surface area contributed by atoms with Crippen LogP contribution in [-0.2, 0) is 12.8 Å². The maximum absolute atomic E-state index is 4.57. The summed E-state index contributed by atoms with van der Waals surface area (Å²) in [6.07, 6.45) is 10.9. The second kappa shape index (κ2) is 10.4. The topological polar surface area (TPSA) is 41.9 Å². The van der Waals surface area contributed by atoms with Crippen LogP contribution in [0.15, 0.2) is 23.3 Å². The van der Waals surface area contributed by atoms with Gasteiger partial charge in [0.15, 0.2) is 0 Å². The zero-order chi connectivity index (χ0) is 17.2. The molecule has 0 aliphatic heterocycles. The molecule has 0 bridgehead atoms. The predicted molar refractivity (Wildman–Crippen MR) is 103 cm³/mol. The van der Waals surface area contributed by atoms with Gasteiger partial charge in [-0.3, -0.25) is 0 Å². The van der Waals surface area contributed by atoms with E-state index in [0.717, 1.165) is 43.5 Å². The zero-order valence-electron chi connectivity index (χ0n) is 15.2. The third-order valence-electron chi connectivity index (χ3n) is 4.21. The molecule has 0 spiro atoms. The van der Waals surface area contributed by atoms with E-state index >= 15 is 0 Å². The zero-order valence-corrected chi connectivity index (χ0v) is 16.1. The van der Waals surface area contributed by atoms with Crippen LogP contribution in [0.4, 0.5) is 5.95 Å². The van der Waals surface area contributed by atoms with Crippen molar-refractivity contribution in [2.24, 2.45) is 5.92 Å². The second-order valence-electron chi connectivity index (χ2n) is 6.70. The van der Waals surface area contributed by atoms with E-state index in [1.165, 1.54) is 31.2 Å². The SMILES string of the molecule is CCc1cnc(N(CCCCCC(C)C)CCc2cscn2)nc1. The van der Waals surface area contributed by atoms with E-state index in [4.69, 9.17) is 0 Å². The molecule has 132 valence electrons. The first kappa shape index (κ1) is 18.8. The molecule has 0 atom stereocenters. The summed E-state index contributed by atoms with van der Waals surface area (Å²) in [6, 6.07) is 0. The van der Waals surface area contributed by atoms with E-state index in [0.29, 0.717) is 0 Å². The molecule has 0 radical (unpaired) electrons. The summed E-state index contributed by atoms with van der Waals surface area (Å²) in [6.45, 7) is 8.67. The third kappa shape index (κ3) is 6.56. The number of hydrogen-bond acceptors (Lipinski definition) is 5. The number of unbranched alkanes of at least 4 members (excludes halogenated alkanes) is 2. The van der Waals surface area contributed by atoms with Crippen LogP contribution in [0.5, 0.6) is 0 Å². The number of aromatic nitrogens is 3. The fourth-order valence-electron chi connectivity index (χ4n) is 2.65. The summed E-state index contributed by atoms with van der Waals surface area (Å²) in [5.74, 6) is 1.65. The van der Waals surface area contributed by atoms with Crippen LogP contribution >= 0.6 is 11.3 Å². The van der Waals surface area contributed by atoms with Crippen molar-refractivity contribution in [3.63, 3.8) is 0 Å². The van der Waals surface area contributed by atoms with Gasteiger partial charge in [0.1, 0.15) is 0 Å². The fraction of sp³-hybridized carbons (Fsp3) is 0.632. The number of rotatable bonds is 11. The van der Waals surface area contributed by atoms with E-state index in [2.05, 4.69) is 46.0 Å². The van der Waals surface area contributed by atoms with Gasteiger partial charge in [0.25, 0.3) is 0 Å². The smallest absolute Gasteiger partial charge is 0.225 e. The summed E-state index contributed by atoms with van der Waals surface area (Å²) in [7, 11) is 0. The monoisotopic (exact) mass is 346 g/mol. The van der Waals surface area contributed by atoms with Crippen molar-refractivity contribution < 1.29 is 0 Å². The Morgan fingerprint density at radius 2 is 1.83 bits per heavy atom. The molecule has 5 heteroatoms. The minimum Gasteiger partial charge on any atom is -0.340 e. The van der Waals surface area contributed by atoms with Gasteiger partial charge in [0.2, 0.25) is 5.95 Å². The van der Waals surface area contributed by atoms with Crippen molar-refractivity contribution in [3.05, 3.63) is 34.5 Å². The highest BCUT2D eigenvalue weighted by atomic mass is 32.1. The molecule has 0 N–H and O–H groups in total. The van der Waals surface area contributed by atoms with E-state index in [1.54, 1.807) is 11.3 Å². The molecule has 2 heterocycles. The summed E-state index contributed by atoms with van der Waals surface area (Å²) < 4.78 is 0. The molecule has 0 unspecified atom stereocenters. The minimum atomic E-state index is 0.802. The molecule has 4 nitrogen and oxygen atoms in total. The maximum atomic E-state index is 4.57. The van der Waals surface area contributed by atoms with Gasteiger partial charge in [0, 0.05) is 37.3 Å². The fourth-order valence-corrected chi connectivity index (χ4v) is 3.24. The van der Waals surface area contributed by atoms with Crippen LogP contribution in [0.1, 0.15) is 57.7 Å². The lowest BCUT2D eigenvalue weighted by atomic mass is 10.1. The van der Waals surface area contributed by atoms with Crippen LogP contribution in [0.2, 0.25) is 0 Å². The number of nitrogens with zero attached hydrogens (tertiary/aromatic N) is 4. The van der Waals surface area contributed by atoms with Crippen molar-refractivity contribution in [1.82, 2.24) is 15.0 Å². The molecule has 2 aromatic heterocycles. The Bertz CT molecular complexity index is 551. The highest BCUT2D eigenvalue weighted by Gasteiger charge is 2.10. The van der Waals surface area contributed by atoms with Crippen molar-refractivity contribution in [1.29, 1.82) is 0 Å². The standard InChI is InChI=1S/C19H30N4S/c1-4-17-12-20-19(21-13-17)23(10-7-5-6-8-16(2)3)11-9-18-14-24-15-22-18/h12-16H,4-11H2,1-3H3. The van der Waals surface area contributed by atoms with Gasteiger partial charge >= 0.3 is 0 Å². The Morgan fingerprint density at radius 1 is 1.04 bits per heavy atom. The van der Waals surface area contributed by atoms with Crippen molar-refractivity contribution >= 4 is 17.3 Å². The summed E-state index contributed by atoms with van der Waals surface area (Å²) in [5.41, 5.74) is 4.25. The van der Waals surface area contributed by atoms with Crippen LogP contribution in [0.3, 0.4) is 0 Å². The van der Waals surface area contributed by atoms with E-state index in [-0.39, 0.29) is 0 Å². The molecule has 0 saturated heterocycles. The Hall–Kier alpha value is -1.49. The Morgan fingerprint density at radius 3 is 2.46 bits per heavy atom. The van der Waals surface area contributed by atoms with Crippen molar-refractivity contribution in [3.8, 4) is 0 Å². The van der Waals surface area contributed by atoms with Gasteiger partial charge in [-0.2, -0.15) is 0 Å². The van der Waals surface area contributed by atoms with Gasteiger partial charge in [-0.25, -0.2) is 15.0 Å². The highest BCUT2D eigenvalue weighted by Crippen LogP contribution is 2.13. The minimum absolute atomic E-state index is 0.802. The number of aryl methyl sites for hydroxylation is 1. The van der Waals surface area contributed by atoms with Crippen LogP contribution in [-0.4, -0.2) is 28.0 Å². The van der Waals surface area contributed by atoms with Gasteiger partial charge in [0.05, 0.1) is 11.2 Å². The number of hydrogen-bond donors (Lipinski definition) is 0. The van der Waals surface area contributed by atoms with Crippen LogP contribution in [0, 0.1) is 5.92 Å². The first-order valence-electron chi connectivity index (χ1n) is 9.12. The van der Waals surface area contributed by atoms with Crippen molar-refractivity contribution in [2.75, 3.05) is 18.0 Å². The third-order valence-corrected chi connectivity index (χ3v) is 4.85. The van der Waals surface area contributed by atoms with Crippen molar-refractivity contribution in [2.45, 2.75) is 59.3 Å². The summed E-state index contributed by atoms with van der Waals surface area (Å²) in [5, 5.41) is 2.13. The van der Waals surface area contributed by atoms with E-state index in [9.17, 15) is 0 Å². The molecule has 0 aromatic carbocycles. The van der Waals surface area contributed by atoms with Gasteiger partial charge in [-0.05, 0) is 24.3 Å². The highest BCUT2D eigenvalue weighted by molar-refractivity contribution is 7.07. The van der Waals surface area contributed by atoms with Crippen LogP contribution < -0.4 is 4.90 Å². The molecule has 2 rings (SSSR count). The van der Waals surface area contributed by atoms with E-state index in [1.807, 2.05) is 17.9 Å². The molecule has 0 fully saturated rings. The predicted octanol–water partition coefficient (Wildman–Crippen LogP) is 4.76. The van der Waals surface area contributed by atoms with Gasteiger partial charge in [-0.1, -0.05) is 40.0 Å². The average Bonchev–Trinajstić information content (AvgIpc) is 3.10. The average molecular weight is 347 g/mol. The molecule has 0 saturated carbocycles. The molecule has 0 aliphatic carbocycles. The van der Waals surface area contributed by atoms with Crippen LogP contribution in [0.25, 0.3) is 0 Å². The lowest BCUT2D eigenvalue weighted by Gasteiger charge is -2.22. The quantitative estimate of drug-likeness (QED) is 0.550. The van der Waals surface area contributed by atoms with Gasteiger partial charge < -0.3 is 4.90 Å². The lowest BCUT2D eigenvalue weighted by molar-refractivity contribution is 0.524. The Kier molecular flexibility index (Phi) is 8.16. The van der Waals surface area contributed by atoms with E-state index < -0.39 is 0 Å². The largest absolute Gasteiger partial charge is 0.340 e.